The second kappa shape index (κ2) is 8.65. The Morgan fingerprint density at radius 1 is 1.07 bits per heavy atom. The fourth-order valence-electron chi connectivity index (χ4n) is 3.53. The molecule has 29 heavy (non-hydrogen) atoms. The molecule has 7 nitrogen and oxygen atoms in total. The normalized spacial score (nSPS) is 19.1. The molecule has 1 aliphatic rings. The minimum Gasteiger partial charge on any atom is -0.481 e. The largest absolute Gasteiger partial charge is 0.481 e. The molecule has 1 saturated heterocycles. The van der Waals surface area contributed by atoms with E-state index in [-0.39, 0.29) is 35.7 Å². The van der Waals surface area contributed by atoms with Crippen molar-refractivity contribution >= 4 is 21.8 Å². The van der Waals surface area contributed by atoms with Crippen LogP contribution in [-0.2, 0) is 21.2 Å². The Labute approximate surface area is 170 Å². The number of carboxylic acids is 1. The Morgan fingerprint density at radius 2 is 1.72 bits per heavy atom. The third-order valence-corrected chi connectivity index (χ3v) is 7.01. The van der Waals surface area contributed by atoms with Crippen LogP contribution in [0.15, 0.2) is 59.5 Å². The van der Waals surface area contributed by atoms with Crippen LogP contribution in [0.4, 0.5) is 4.79 Å². The molecular weight excluding hydrogens is 392 g/mol. The molecule has 0 spiro atoms. The van der Waals surface area contributed by atoms with Crippen LogP contribution < -0.4 is 5.32 Å². The first-order valence-corrected chi connectivity index (χ1v) is 11.1. The van der Waals surface area contributed by atoms with E-state index in [1.165, 1.54) is 17.0 Å². The Hall–Kier alpha value is -2.87. The first-order chi connectivity index (χ1) is 13.8. The van der Waals surface area contributed by atoms with E-state index in [0.717, 1.165) is 11.1 Å². The van der Waals surface area contributed by atoms with Gasteiger partial charge in [0, 0.05) is 25.6 Å². The van der Waals surface area contributed by atoms with Gasteiger partial charge in [0.15, 0.2) is 9.84 Å². The van der Waals surface area contributed by atoms with Gasteiger partial charge in [-0.05, 0) is 23.3 Å². The van der Waals surface area contributed by atoms with Crippen LogP contribution >= 0.6 is 0 Å². The lowest BCUT2D eigenvalue weighted by molar-refractivity contribution is -0.141. The number of carbonyl (C=O) groups excluding carboxylic acids is 1. The van der Waals surface area contributed by atoms with E-state index in [1.54, 1.807) is 19.1 Å². The van der Waals surface area contributed by atoms with Gasteiger partial charge in [-0.2, -0.15) is 0 Å². The fraction of sp³-hybridized carbons (Fsp3) is 0.333. The van der Waals surface area contributed by atoms with E-state index in [1.807, 2.05) is 30.3 Å². The SMILES string of the molecule is CCS(=O)(=O)c1ccc(CNC(=O)N2C[C@H](C(=O)O)[C@@H](c3ccccc3)C2)cc1. The minimum absolute atomic E-state index is 0.0331. The summed E-state index contributed by atoms with van der Waals surface area (Å²) in [6.45, 7) is 2.30. The Bertz CT molecular complexity index is 974. The highest BCUT2D eigenvalue weighted by Crippen LogP contribution is 2.32. The van der Waals surface area contributed by atoms with Gasteiger partial charge in [-0.25, -0.2) is 13.2 Å². The highest BCUT2D eigenvalue weighted by Gasteiger charge is 2.40. The van der Waals surface area contributed by atoms with Gasteiger partial charge in [0.1, 0.15) is 0 Å². The summed E-state index contributed by atoms with van der Waals surface area (Å²) in [5.74, 6) is -1.78. The summed E-state index contributed by atoms with van der Waals surface area (Å²) in [7, 11) is -3.26. The van der Waals surface area contributed by atoms with Crippen LogP contribution in [-0.4, -0.2) is 49.3 Å². The van der Waals surface area contributed by atoms with Gasteiger partial charge in [0.25, 0.3) is 0 Å². The molecule has 0 unspecified atom stereocenters. The van der Waals surface area contributed by atoms with Crippen LogP contribution in [0.3, 0.4) is 0 Å². The van der Waals surface area contributed by atoms with Crippen molar-refractivity contribution in [2.75, 3.05) is 18.8 Å². The Kier molecular flexibility index (Phi) is 6.22. The van der Waals surface area contributed by atoms with Gasteiger partial charge in [0.2, 0.25) is 0 Å². The monoisotopic (exact) mass is 416 g/mol. The molecule has 0 aromatic heterocycles. The zero-order chi connectivity index (χ0) is 21.0. The number of amides is 2. The molecule has 0 radical (unpaired) electrons. The molecule has 2 amide bonds. The molecule has 8 heteroatoms. The van der Waals surface area contributed by atoms with Crippen LogP contribution in [0.1, 0.15) is 24.0 Å². The molecule has 1 heterocycles. The summed E-state index contributed by atoms with van der Waals surface area (Å²) >= 11 is 0. The Balaban J connectivity index is 1.63. The number of nitrogens with zero attached hydrogens (tertiary/aromatic N) is 1. The van der Waals surface area contributed by atoms with Crippen molar-refractivity contribution in [3.8, 4) is 0 Å². The summed E-state index contributed by atoms with van der Waals surface area (Å²) in [5.41, 5.74) is 1.67. The van der Waals surface area contributed by atoms with Crippen molar-refractivity contribution in [2.45, 2.75) is 24.3 Å². The molecule has 0 bridgehead atoms. The molecule has 0 aliphatic carbocycles. The van der Waals surface area contributed by atoms with Gasteiger partial charge in [0.05, 0.1) is 16.6 Å². The van der Waals surface area contributed by atoms with Crippen molar-refractivity contribution in [3.05, 3.63) is 65.7 Å². The van der Waals surface area contributed by atoms with Crippen LogP contribution in [0, 0.1) is 5.92 Å². The van der Waals surface area contributed by atoms with Crippen molar-refractivity contribution in [3.63, 3.8) is 0 Å². The number of carbonyl (C=O) groups is 2. The predicted octanol–water partition coefficient (Wildman–Crippen LogP) is 2.49. The number of rotatable bonds is 6. The first-order valence-electron chi connectivity index (χ1n) is 9.44. The average molecular weight is 416 g/mol. The van der Waals surface area contributed by atoms with Crippen LogP contribution in [0.2, 0.25) is 0 Å². The number of hydrogen-bond acceptors (Lipinski definition) is 4. The molecule has 1 fully saturated rings. The lowest BCUT2D eigenvalue weighted by atomic mass is 9.89. The standard InChI is InChI=1S/C21H24N2O5S/c1-2-29(27,28)17-10-8-15(9-11-17)12-22-21(26)23-13-18(19(14-23)20(24)25)16-6-4-3-5-7-16/h3-11,18-19H,2,12-14H2,1H3,(H,22,26)(H,24,25)/t18-,19+/m1/s1. The zero-order valence-electron chi connectivity index (χ0n) is 16.1. The third kappa shape index (κ3) is 4.76. The number of sulfone groups is 1. The summed E-state index contributed by atoms with van der Waals surface area (Å²) in [6, 6.07) is 15.4. The molecule has 154 valence electrons. The van der Waals surface area contributed by atoms with Crippen molar-refractivity contribution in [1.29, 1.82) is 0 Å². The van der Waals surface area contributed by atoms with E-state index in [0.29, 0.717) is 6.54 Å². The molecule has 2 N–H and O–H groups in total. The number of hydrogen-bond donors (Lipinski definition) is 2. The van der Waals surface area contributed by atoms with E-state index >= 15 is 0 Å². The van der Waals surface area contributed by atoms with Crippen LogP contribution in [0.25, 0.3) is 0 Å². The molecule has 2 atom stereocenters. The minimum atomic E-state index is -3.26. The van der Waals surface area contributed by atoms with Crippen LogP contribution in [0.5, 0.6) is 0 Å². The molecule has 2 aromatic carbocycles. The highest BCUT2D eigenvalue weighted by atomic mass is 32.2. The molecule has 2 aromatic rings. The number of carboxylic acid groups (broad SMARTS) is 1. The number of likely N-dealkylation sites (tertiary alicyclic amines) is 1. The van der Waals surface area contributed by atoms with Gasteiger partial charge in [-0.3, -0.25) is 4.79 Å². The smallest absolute Gasteiger partial charge is 0.317 e. The van der Waals surface area contributed by atoms with Crippen molar-refractivity contribution in [2.24, 2.45) is 5.92 Å². The quantitative estimate of drug-likeness (QED) is 0.753. The molecule has 0 saturated carbocycles. The maximum absolute atomic E-state index is 12.6. The van der Waals surface area contributed by atoms with E-state index in [9.17, 15) is 23.1 Å². The van der Waals surface area contributed by atoms with Crippen molar-refractivity contribution < 1.29 is 23.1 Å². The number of benzene rings is 2. The summed E-state index contributed by atoms with van der Waals surface area (Å²) in [5, 5.41) is 12.3. The maximum atomic E-state index is 12.6. The average Bonchev–Trinajstić information content (AvgIpc) is 3.19. The predicted molar refractivity (Wildman–Crippen MR) is 108 cm³/mol. The lowest BCUT2D eigenvalue weighted by Gasteiger charge is -2.17. The van der Waals surface area contributed by atoms with Gasteiger partial charge in [-0.1, -0.05) is 49.4 Å². The second-order valence-corrected chi connectivity index (χ2v) is 9.35. The van der Waals surface area contributed by atoms with E-state index in [4.69, 9.17) is 0 Å². The topological polar surface area (TPSA) is 104 Å². The third-order valence-electron chi connectivity index (χ3n) is 5.26. The van der Waals surface area contributed by atoms with Gasteiger partial charge in [-0.15, -0.1) is 0 Å². The first kappa shape index (κ1) is 20.9. The van der Waals surface area contributed by atoms with Gasteiger partial charge >= 0.3 is 12.0 Å². The number of nitrogens with one attached hydrogen (secondary N) is 1. The highest BCUT2D eigenvalue weighted by molar-refractivity contribution is 7.91. The van der Waals surface area contributed by atoms with E-state index in [2.05, 4.69) is 5.32 Å². The second-order valence-electron chi connectivity index (χ2n) is 7.07. The van der Waals surface area contributed by atoms with Gasteiger partial charge < -0.3 is 15.3 Å². The molecular formula is C21H24N2O5S. The van der Waals surface area contributed by atoms with E-state index < -0.39 is 21.7 Å². The lowest BCUT2D eigenvalue weighted by Crippen LogP contribution is -2.38. The summed E-state index contributed by atoms with van der Waals surface area (Å²) in [4.78, 5) is 26.0. The zero-order valence-corrected chi connectivity index (χ0v) is 16.9. The summed E-state index contributed by atoms with van der Waals surface area (Å²) in [6.07, 6.45) is 0. The maximum Gasteiger partial charge on any atom is 0.317 e. The number of aliphatic carboxylic acids is 1. The number of urea groups is 1. The fourth-order valence-corrected chi connectivity index (χ4v) is 4.41. The van der Waals surface area contributed by atoms with Crippen molar-refractivity contribution in [1.82, 2.24) is 10.2 Å². The molecule has 3 rings (SSSR count). The summed E-state index contributed by atoms with van der Waals surface area (Å²) < 4.78 is 23.7. The Morgan fingerprint density at radius 3 is 2.31 bits per heavy atom. The molecule has 1 aliphatic heterocycles.